The predicted molar refractivity (Wildman–Crippen MR) is 105 cm³/mol. The Hall–Kier alpha value is -2.55. The third-order valence-electron chi connectivity index (χ3n) is 5.05. The van der Waals surface area contributed by atoms with Crippen molar-refractivity contribution in [3.05, 3.63) is 42.2 Å². The lowest BCUT2D eigenvalue weighted by molar-refractivity contribution is -0.137. The lowest BCUT2D eigenvalue weighted by Gasteiger charge is -2.34. The Morgan fingerprint density at radius 3 is 2.48 bits per heavy atom. The van der Waals surface area contributed by atoms with Crippen LogP contribution in [0.3, 0.4) is 0 Å². The van der Waals surface area contributed by atoms with Gasteiger partial charge >= 0.3 is 12.2 Å². The lowest BCUT2D eigenvalue weighted by atomic mass is 10.1. The molecule has 1 aliphatic rings. The zero-order valence-corrected chi connectivity index (χ0v) is 16.8. The Labute approximate surface area is 168 Å². The van der Waals surface area contributed by atoms with Gasteiger partial charge in [0.15, 0.2) is 0 Å². The highest BCUT2D eigenvalue weighted by Gasteiger charge is 2.32. The monoisotopic (exact) mass is 409 g/mol. The third-order valence-corrected chi connectivity index (χ3v) is 5.05. The number of amides is 2. The van der Waals surface area contributed by atoms with Crippen LogP contribution in [0.5, 0.6) is 0 Å². The number of nitrogens with zero attached hydrogens (tertiary/aromatic N) is 4. The first-order valence-electron chi connectivity index (χ1n) is 9.58. The van der Waals surface area contributed by atoms with Gasteiger partial charge in [-0.1, -0.05) is 0 Å². The van der Waals surface area contributed by atoms with E-state index < -0.39 is 17.8 Å². The summed E-state index contributed by atoms with van der Waals surface area (Å²) in [6, 6.07) is 4.51. The van der Waals surface area contributed by atoms with Gasteiger partial charge in [0.2, 0.25) is 0 Å². The summed E-state index contributed by atoms with van der Waals surface area (Å²) >= 11 is 0. The van der Waals surface area contributed by atoms with Crippen molar-refractivity contribution in [1.29, 1.82) is 0 Å². The molecule has 0 radical (unpaired) electrons. The van der Waals surface area contributed by atoms with Crippen molar-refractivity contribution in [3.63, 3.8) is 0 Å². The molecule has 29 heavy (non-hydrogen) atoms. The van der Waals surface area contributed by atoms with Gasteiger partial charge in [-0.3, -0.25) is 4.90 Å². The summed E-state index contributed by atoms with van der Waals surface area (Å²) in [4.78, 5) is 16.8. The summed E-state index contributed by atoms with van der Waals surface area (Å²) in [5, 5.41) is 6.74. The van der Waals surface area contributed by atoms with Gasteiger partial charge in [0.25, 0.3) is 0 Å². The number of carbonyl (C=O) groups excluding carboxylic acids is 1. The van der Waals surface area contributed by atoms with E-state index in [9.17, 15) is 18.0 Å². The molecule has 0 saturated carbocycles. The van der Waals surface area contributed by atoms with Gasteiger partial charge in [-0.25, -0.2) is 9.48 Å². The predicted octanol–water partition coefficient (Wildman–Crippen LogP) is 4.23. The number of hydrogen-bond donors (Lipinski definition) is 1. The zero-order valence-electron chi connectivity index (χ0n) is 16.8. The van der Waals surface area contributed by atoms with E-state index in [2.05, 4.69) is 36.1 Å². The molecule has 1 aromatic heterocycles. The second-order valence-electron chi connectivity index (χ2n) is 8.11. The third kappa shape index (κ3) is 5.09. The molecule has 2 heterocycles. The highest BCUT2D eigenvalue weighted by atomic mass is 19.4. The number of benzene rings is 1. The highest BCUT2D eigenvalue weighted by molar-refractivity contribution is 5.91. The number of halogens is 3. The Kier molecular flexibility index (Phi) is 5.88. The van der Waals surface area contributed by atoms with Crippen LogP contribution in [0.25, 0.3) is 5.69 Å². The molecule has 0 aliphatic carbocycles. The van der Waals surface area contributed by atoms with Crippen molar-refractivity contribution in [2.75, 3.05) is 31.5 Å². The average molecular weight is 409 g/mol. The maximum atomic E-state index is 13.2. The van der Waals surface area contributed by atoms with E-state index >= 15 is 0 Å². The topological polar surface area (TPSA) is 53.4 Å². The number of aromatic nitrogens is 2. The first-order chi connectivity index (χ1) is 13.6. The summed E-state index contributed by atoms with van der Waals surface area (Å²) in [7, 11) is 0. The first kappa shape index (κ1) is 21.2. The summed E-state index contributed by atoms with van der Waals surface area (Å²) in [6.07, 6.45) is -0.554. The molecule has 6 nitrogen and oxygen atoms in total. The fourth-order valence-corrected chi connectivity index (χ4v) is 3.41. The van der Waals surface area contributed by atoms with Gasteiger partial charge in [-0.05, 0) is 51.5 Å². The second kappa shape index (κ2) is 8.06. The Morgan fingerprint density at radius 1 is 1.10 bits per heavy atom. The standard InChI is InChI=1S/C20H26F3N5O/c1-19(2,3)27-10-5-9-26(12-13-27)18(29)25-16-14-15(20(21,22)23)6-7-17(16)28-11-4-8-24-28/h4,6-8,11,14H,5,9-10,12-13H2,1-3H3,(H,25,29). The molecule has 1 N–H and O–H groups in total. The zero-order chi connectivity index (χ0) is 21.2. The van der Waals surface area contributed by atoms with Crippen LogP contribution in [0.1, 0.15) is 32.8 Å². The maximum Gasteiger partial charge on any atom is 0.416 e. The van der Waals surface area contributed by atoms with Crippen molar-refractivity contribution in [3.8, 4) is 5.69 Å². The van der Waals surface area contributed by atoms with Crippen LogP contribution in [0.4, 0.5) is 23.7 Å². The number of urea groups is 1. The Balaban J connectivity index is 1.82. The van der Waals surface area contributed by atoms with Crippen molar-refractivity contribution in [2.45, 2.75) is 38.9 Å². The van der Waals surface area contributed by atoms with E-state index in [-0.39, 0.29) is 11.2 Å². The number of rotatable bonds is 2. The van der Waals surface area contributed by atoms with Gasteiger partial charge in [0, 0.05) is 44.1 Å². The Morgan fingerprint density at radius 2 is 1.86 bits per heavy atom. The molecule has 0 spiro atoms. The van der Waals surface area contributed by atoms with E-state index in [4.69, 9.17) is 0 Å². The van der Waals surface area contributed by atoms with E-state index in [1.807, 2.05) is 0 Å². The van der Waals surface area contributed by atoms with Gasteiger partial charge in [-0.2, -0.15) is 18.3 Å². The summed E-state index contributed by atoms with van der Waals surface area (Å²) < 4.78 is 41.0. The molecule has 9 heteroatoms. The van der Waals surface area contributed by atoms with Gasteiger partial charge in [0.1, 0.15) is 0 Å². The number of nitrogens with one attached hydrogen (secondary N) is 1. The average Bonchev–Trinajstić information content (AvgIpc) is 3.02. The molecule has 0 unspecified atom stereocenters. The number of hydrogen-bond acceptors (Lipinski definition) is 3. The van der Waals surface area contributed by atoms with E-state index in [0.717, 1.165) is 25.1 Å². The maximum absolute atomic E-state index is 13.2. The van der Waals surface area contributed by atoms with E-state index in [1.165, 1.54) is 16.9 Å². The molecule has 1 fully saturated rings. The molecule has 0 atom stereocenters. The van der Waals surface area contributed by atoms with Crippen LogP contribution < -0.4 is 5.32 Å². The molecule has 0 bridgehead atoms. The van der Waals surface area contributed by atoms with Crippen molar-refractivity contribution >= 4 is 11.7 Å². The molecule has 1 saturated heterocycles. The number of alkyl halides is 3. The molecule has 1 aromatic carbocycles. The molecule has 1 aliphatic heterocycles. The molecular formula is C20H26F3N5O. The quantitative estimate of drug-likeness (QED) is 0.808. The summed E-state index contributed by atoms with van der Waals surface area (Å²) in [6.45, 7) is 9.03. The van der Waals surface area contributed by atoms with E-state index in [0.29, 0.717) is 25.3 Å². The van der Waals surface area contributed by atoms with Crippen LogP contribution >= 0.6 is 0 Å². The molecule has 2 aromatic rings. The van der Waals surface area contributed by atoms with Crippen LogP contribution in [0, 0.1) is 0 Å². The minimum atomic E-state index is -4.50. The second-order valence-corrected chi connectivity index (χ2v) is 8.11. The number of carbonyl (C=O) groups is 1. The van der Waals surface area contributed by atoms with Crippen LogP contribution in [0.15, 0.2) is 36.7 Å². The highest BCUT2D eigenvalue weighted by Crippen LogP contribution is 2.33. The van der Waals surface area contributed by atoms with E-state index in [1.54, 1.807) is 17.2 Å². The minimum Gasteiger partial charge on any atom is -0.323 e. The summed E-state index contributed by atoms with van der Waals surface area (Å²) in [5.74, 6) is 0. The lowest BCUT2D eigenvalue weighted by Crippen LogP contribution is -2.44. The number of anilines is 1. The molecule has 2 amide bonds. The van der Waals surface area contributed by atoms with Crippen molar-refractivity contribution in [2.24, 2.45) is 0 Å². The molecule has 158 valence electrons. The van der Waals surface area contributed by atoms with Crippen LogP contribution in [-0.4, -0.2) is 57.3 Å². The summed E-state index contributed by atoms with van der Waals surface area (Å²) in [5.41, 5.74) is -0.368. The van der Waals surface area contributed by atoms with Gasteiger partial charge in [0.05, 0.1) is 16.9 Å². The smallest absolute Gasteiger partial charge is 0.323 e. The normalized spacial score (nSPS) is 16.6. The molecular weight excluding hydrogens is 383 g/mol. The SMILES string of the molecule is CC(C)(C)N1CCCN(C(=O)Nc2cc(C(F)(F)F)ccc2-n2cccn2)CC1. The molecule has 3 rings (SSSR count). The van der Waals surface area contributed by atoms with Gasteiger partial charge < -0.3 is 10.2 Å². The van der Waals surface area contributed by atoms with Crippen LogP contribution in [0.2, 0.25) is 0 Å². The Bertz CT molecular complexity index is 843. The fourth-order valence-electron chi connectivity index (χ4n) is 3.41. The fraction of sp³-hybridized carbons (Fsp3) is 0.500. The van der Waals surface area contributed by atoms with Crippen molar-refractivity contribution in [1.82, 2.24) is 19.6 Å². The largest absolute Gasteiger partial charge is 0.416 e. The van der Waals surface area contributed by atoms with Crippen LogP contribution in [-0.2, 0) is 6.18 Å². The van der Waals surface area contributed by atoms with Crippen molar-refractivity contribution < 1.29 is 18.0 Å². The van der Waals surface area contributed by atoms with Gasteiger partial charge in [-0.15, -0.1) is 0 Å². The minimum absolute atomic E-state index is 0.000782. The first-order valence-corrected chi connectivity index (χ1v) is 9.58.